The van der Waals surface area contributed by atoms with Crippen molar-refractivity contribution in [1.29, 1.82) is 0 Å². The van der Waals surface area contributed by atoms with Crippen LogP contribution < -0.4 is 4.74 Å². The second-order valence-corrected chi connectivity index (χ2v) is 4.31. The van der Waals surface area contributed by atoms with Crippen molar-refractivity contribution >= 4 is 11.8 Å². The maximum Gasteiger partial charge on any atom is 0.461 e. The molecule has 0 heterocycles. The lowest BCUT2D eigenvalue weighted by atomic mass is 10.0. The van der Waals surface area contributed by atoms with Crippen LogP contribution in [-0.4, -0.2) is 31.4 Å². The first-order valence-electron chi connectivity index (χ1n) is 6.32. The molecule has 0 unspecified atom stereocenters. The third-order valence-electron chi connectivity index (χ3n) is 2.70. The zero-order chi connectivity index (χ0) is 16.8. The first kappa shape index (κ1) is 17.9. The Morgan fingerprint density at radius 1 is 1.18 bits per heavy atom. The van der Waals surface area contributed by atoms with Crippen molar-refractivity contribution < 1.29 is 36.6 Å². The molecule has 0 amide bonds. The molecule has 0 spiro atoms. The van der Waals surface area contributed by atoms with Gasteiger partial charge in [0.25, 0.3) is 0 Å². The maximum atomic E-state index is 12.9. The topological polar surface area (TPSA) is 52.6 Å². The quantitative estimate of drug-likeness (QED) is 0.418. The predicted molar refractivity (Wildman–Crippen MR) is 68.2 cm³/mol. The summed E-state index contributed by atoms with van der Waals surface area (Å²) in [6, 6.07) is 4.87. The van der Waals surface area contributed by atoms with Gasteiger partial charge in [0.15, 0.2) is 5.78 Å². The summed E-state index contributed by atoms with van der Waals surface area (Å²) in [6.45, 7) is 0. The van der Waals surface area contributed by atoms with Gasteiger partial charge < -0.3 is 9.47 Å². The van der Waals surface area contributed by atoms with Crippen LogP contribution in [0.4, 0.5) is 17.6 Å². The molecular weight excluding hydrogens is 308 g/mol. The number of para-hydroxylation sites is 1. The molecule has 8 heteroatoms. The van der Waals surface area contributed by atoms with Gasteiger partial charge in [-0.1, -0.05) is 12.1 Å². The number of ketones is 1. The van der Waals surface area contributed by atoms with E-state index in [9.17, 15) is 27.2 Å². The van der Waals surface area contributed by atoms with Gasteiger partial charge in [-0.15, -0.1) is 0 Å². The average molecular weight is 322 g/mol. The van der Waals surface area contributed by atoms with E-state index in [0.29, 0.717) is 0 Å². The minimum absolute atomic E-state index is 0.0154. The minimum Gasteiger partial charge on any atom is -0.469 e. The van der Waals surface area contributed by atoms with Crippen LogP contribution in [0.2, 0.25) is 0 Å². The summed E-state index contributed by atoms with van der Waals surface area (Å²) in [5.74, 6) is -1.73. The Bertz CT molecular complexity index is 531. The summed E-state index contributed by atoms with van der Waals surface area (Å²) < 4.78 is 58.5. The summed E-state index contributed by atoms with van der Waals surface area (Å²) in [6.07, 6.45) is -8.71. The lowest BCUT2D eigenvalue weighted by Crippen LogP contribution is -2.34. The van der Waals surface area contributed by atoms with Crippen LogP contribution in [0.3, 0.4) is 0 Å². The van der Waals surface area contributed by atoms with Crippen LogP contribution in [0.1, 0.15) is 29.6 Å². The van der Waals surface area contributed by atoms with E-state index in [1.165, 1.54) is 25.3 Å². The number of carbonyl (C=O) groups excluding carboxylic acids is 2. The monoisotopic (exact) mass is 322 g/mol. The third-order valence-corrected chi connectivity index (χ3v) is 2.70. The van der Waals surface area contributed by atoms with E-state index >= 15 is 0 Å². The first-order chi connectivity index (χ1) is 10.3. The fourth-order valence-corrected chi connectivity index (χ4v) is 1.61. The number of alkyl halides is 4. The summed E-state index contributed by atoms with van der Waals surface area (Å²) >= 11 is 0. The lowest BCUT2D eigenvalue weighted by molar-refractivity contribution is -0.253. The van der Waals surface area contributed by atoms with Crippen molar-refractivity contribution in [2.45, 2.75) is 31.8 Å². The zero-order valence-electron chi connectivity index (χ0n) is 11.7. The summed E-state index contributed by atoms with van der Waals surface area (Å²) in [5, 5.41) is 0. The molecule has 1 aromatic carbocycles. The summed E-state index contributed by atoms with van der Waals surface area (Å²) in [4.78, 5) is 22.8. The molecule has 4 nitrogen and oxygen atoms in total. The second kappa shape index (κ2) is 7.77. The van der Waals surface area contributed by atoms with Crippen LogP contribution in [0.15, 0.2) is 24.3 Å². The van der Waals surface area contributed by atoms with Crippen molar-refractivity contribution in [2.24, 2.45) is 0 Å². The Morgan fingerprint density at radius 3 is 2.41 bits per heavy atom. The Balaban J connectivity index is 2.79. The van der Waals surface area contributed by atoms with Gasteiger partial charge in [-0.2, -0.15) is 17.6 Å². The van der Waals surface area contributed by atoms with Gasteiger partial charge >= 0.3 is 18.5 Å². The van der Waals surface area contributed by atoms with Gasteiger partial charge in [0.05, 0.1) is 12.7 Å². The van der Waals surface area contributed by atoms with Crippen molar-refractivity contribution in [3.05, 3.63) is 29.8 Å². The van der Waals surface area contributed by atoms with E-state index in [1.54, 1.807) is 0 Å². The SMILES string of the molecule is COC(=O)CCCC(=O)c1ccccc1OC(F)(F)C(F)F. The molecule has 0 atom stereocenters. The van der Waals surface area contributed by atoms with Gasteiger partial charge in [0.2, 0.25) is 0 Å². The van der Waals surface area contributed by atoms with Gasteiger partial charge in [0, 0.05) is 12.8 Å². The number of Topliss-reactive ketones (excluding diaryl/α,β-unsaturated/α-hetero) is 1. The number of carbonyl (C=O) groups is 2. The number of methoxy groups -OCH3 is 1. The number of ether oxygens (including phenoxy) is 2. The molecule has 0 aliphatic heterocycles. The molecule has 0 aromatic heterocycles. The van der Waals surface area contributed by atoms with Gasteiger partial charge in [-0.25, -0.2) is 0 Å². The highest BCUT2D eigenvalue weighted by atomic mass is 19.3. The Kier molecular flexibility index (Phi) is 6.33. The highest BCUT2D eigenvalue weighted by Crippen LogP contribution is 2.30. The van der Waals surface area contributed by atoms with Crippen LogP contribution in [0.25, 0.3) is 0 Å². The Labute approximate surface area is 124 Å². The lowest BCUT2D eigenvalue weighted by Gasteiger charge is -2.18. The number of hydrogen-bond donors (Lipinski definition) is 0. The van der Waals surface area contributed by atoms with Gasteiger partial charge in [0.1, 0.15) is 5.75 Å². The maximum absolute atomic E-state index is 12.9. The Morgan fingerprint density at radius 2 is 1.82 bits per heavy atom. The van der Waals surface area contributed by atoms with Crippen LogP contribution >= 0.6 is 0 Å². The van der Waals surface area contributed by atoms with E-state index in [4.69, 9.17) is 0 Å². The Hall–Kier alpha value is -2.12. The molecule has 0 N–H and O–H groups in total. The smallest absolute Gasteiger partial charge is 0.461 e. The molecule has 22 heavy (non-hydrogen) atoms. The number of hydrogen-bond acceptors (Lipinski definition) is 4. The largest absolute Gasteiger partial charge is 0.469 e. The van der Waals surface area contributed by atoms with E-state index in [0.717, 1.165) is 6.07 Å². The van der Waals surface area contributed by atoms with E-state index in [1.807, 2.05) is 0 Å². The van der Waals surface area contributed by atoms with E-state index in [-0.39, 0.29) is 24.8 Å². The molecule has 0 aliphatic rings. The van der Waals surface area contributed by atoms with Crippen molar-refractivity contribution in [2.75, 3.05) is 7.11 Å². The molecule has 0 aliphatic carbocycles. The second-order valence-electron chi connectivity index (χ2n) is 4.31. The fraction of sp³-hybridized carbons (Fsp3) is 0.429. The summed E-state index contributed by atoms with van der Waals surface area (Å²) in [5.41, 5.74) is -0.243. The molecule has 0 fully saturated rings. The van der Waals surface area contributed by atoms with Crippen molar-refractivity contribution in [3.63, 3.8) is 0 Å². The standard InChI is InChI=1S/C14H14F4O4/c1-21-12(20)8-4-6-10(19)9-5-2-3-7-11(9)22-14(17,18)13(15)16/h2-3,5,7,13H,4,6,8H2,1H3. The van der Waals surface area contributed by atoms with Crippen LogP contribution in [0.5, 0.6) is 5.75 Å². The average Bonchev–Trinajstić information content (AvgIpc) is 2.46. The molecule has 0 saturated heterocycles. The third kappa shape index (κ3) is 5.01. The number of halogens is 4. The predicted octanol–water partition coefficient (Wildman–Crippen LogP) is 3.45. The highest BCUT2D eigenvalue weighted by molar-refractivity contribution is 5.98. The zero-order valence-corrected chi connectivity index (χ0v) is 11.7. The van der Waals surface area contributed by atoms with E-state index < -0.39 is 30.0 Å². The first-order valence-corrected chi connectivity index (χ1v) is 6.32. The van der Waals surface area contributed by atoms with E-state index in [2.05, 4.69) is 9.47 Å². The summed E-state index contributed by atoms with van der Waals surface area (Å²) in [7, 11) is 1.19. The molecule has 1 aromatic rings. The minimum atomic E-state index is -4.69. The van der Waals surface area contributed by atoms with Crippen molar-refractivity contribution in [1.82, 2.24) is 0 Å². The number of rotatable bonds is 8. The number of benzene rings is 1. The molecule has 0 saturated carbocycles. The molecule has 0 radical (unpaired) electrons. The molecule has 1 rings (SSSR count). The van der Waals surface area contributed by atoms with Gasteiger partial charge in [-0.3, -0.25) is 9.59 Å². The number of esters is 1. The van der Waals surface area contributed by atoms with Gasteiger partial charge in [-0.05, 0) is 18.6 Å². The molecular formula is C14H14F4O4. The fourth-order valence-electron chi connectivity index (χ4n) is 1.61. The van der Waals surface area contributed by atoms with Crippen LogP contribution in [0, 0.1) is 0 Å². The van der Waals surface area contributed by atoms with Crippen molar-refractivity contribution in [3.8, 4) is 5.75 Å². The highest BCUT2D eigenvalue weighted by Gasteiger charge is 2.44. The normalized spacial score (nSPS) is 11.4. The molecule has 122 valence electrons. The van der Waals surface area contributed by atoms with Crippen LogP contribution in [-0.2, 0) is 9.53 Å². The molecule has 0 bridgehead atoms.